The first-order valence-electron chi connectivity index (χ1n) is 6.22. The van der Waals surface area contributed by atoms with E-state index in [9.17, 15) is 5.11 Å². The van der Waals surface area contributed by atoms with Gasteiger partial charge in [0.1, 0.15) is 0 Å². The van der Waals surface area contributed by atoms with E-state index in [4.69, 9.17) is 0 Å². The molecule has 2 bridgehead atoms. The zero-order valence-electron chi connectivity index (χ0n) is 9.71. The Labute approximate surface area is 96.9 Å². The lowest BCUT2D eigenvalue weighted by Gasteiger charge is -2.40. The molecule has 0 radical (unpaired) electrons. The summed E-state index contributed by atoms with van der Waals surface area (Å²) in [6.45, 7) is 0. The minimum absolute atomic E-state index is 0.189. The van der Waals surface area contributed by atoms with Crippen molar-refractivity contribution in [3.05, 3.63) is 35.9 Å². The van der Waals surface area contributed by atoms with Gasteiger partial charge in [0.2, 0.25) is 0 Å². The Morgan fingerprint density at radius 1 is 1.19 bits per heavy atom. The molecule has 2 nitrogen and oxygen atoms in total. The standard InChI is InChI=1S/C14H19NO/c1-15-11-7-8-13(15)14(16)12(9-11)10-5-3-2-4-6-10/h2-6,11-14,16H,7-9H2,1H3/t11-,12-,13-,14-/m0/s1. The first kappa shape index (κ1) is 10.3. The van der Waals surface area contributed by atoms with E-state index in [-0.39, 0.29) is 6.10 Å². The third-order valence-corrected chi connectivity index (χ3v) is 4.45. The summed E-state index contributed by atoms with van der Waals surface area (Å²) in [7, 11) is 2.16. The van der Waals surface area contributed by atoms with Gasteiger partial charge in [-0.25, -0.2) is 0 Å². The van der Waals surface area contributed by atoms with Crippen LogP contribution in [0.5, 0.6) is 0 Å². The molecule has 0 aliphatic carbocycles. The highest BCUT2D eigenvalue weighted by atomic mass is 16.3. The van der Waals surface area contributed by atoms with E-state index >= 15 is 0 Å². The molecule has 0 amide bonds. The number of hydrogen-bond donors (Lipinski definition) is 1. The molecule has 1 aromatic rings. The second kappa shape index (κ2) is 3.86. The van der Waals surface area contributed by atoms with Crippen molar-refractivity contribution < 1.29 is 5.11 Å². The SMILES string of the molecule is CN1[C@H]2CC[C@H]1[C@@H](O)[C@H](c1ccccc1)C2. The lowest BCUT2D eigenvalue weighted by atomic mass is 9.83. The van der Waals surface area contributed by atoms with Gasteiger partial charge >= 0.3 is 0 Å². The van der Waals surface area contributed by atoms with Gasteiger partial charge in [0.15, 0.2) is 0 Å². The van der Waals surface area contributed by atoms with Crippen LogP contribution in [0.3, 0.4) is 0 Å². The number of fused-ring (bicyclic) bond motifs is 2. The first-order valence-corrected chi connectivity index (χ1v) is 6.22. The molecule has 1 aromatic carbocycles. The molecule has 86 valence electrons. The van der Waals surface area contributed by atoms with Gasteiger partial charge in [-0.15, -0.1) is 0 Å². The number of hydrogen-bond acceptors (Lipinski definition) is 2. The normalized spacial score (nSPS) is 38.9. The Balaban J connectivity index is 1.88. The van der Waals surface area contributed by atoms with E-state index in [2.05, 4.69) is 36.2 Å². The highest BCUT2D eigenvalue weighted by Crippen LogP contribution is 2.42. The van der Waals surface area contributed by atoms with Crippen LogP contribution in [-0.4, -0.2) is 35.2 Å². The Morgan fingerprint density at radius 2 is 1.94 bits per heavy atom. The summed E-state index contributed by atoms with van der Waals surface area (Å²) in [6, 6.07) is 11.5. The summed E-state index contributed by atoms with van der Waals surface area (Å²) in [5, 5.41) is 10.4. The predicted octanol–water partition coefficient (Wildman–Crippen LogP) is 2.00. The minimum atomic E-state index is -0.189. The number of benzene rings is 1. The Kier molecular flexibility index (Phi) is 2.49. The average molecular weight is 217 g/mol. The van der Waals surface area contributed by atoms with Crippen LogP contribution in [0.15, 0.2) is 30.3 Å². The van der Waals surface area contributed by atoms with Crippen LogP contribution >= 0.6 is 0 Å². The summed E-state index contributed by atoms with van der Waals surface area (Å²) in [5.74, 6) is 0.342. The molecule has 16 heavy (non-hydrogen) atoms. The van der Waals surface area contributed by atoms with E-state index < -0.39 is 0 Å². The van der Waals surface area contributed by atoms with Crippen LogP contribution in [0.25, 0.3) is 0 Å². The summed E-state index contributed by atoms with van der Waals surface area (Å²) in [4.78, 5) is 2.38. The zero-order chi connectivity index (χ0) is 11.1. The molecule has 2 fully saturated rings. The molecule has 3 rings (SSSR count). The molecule has 0 saturated carbocycles. The second-order valence-corrected chi connectivity index (χ2v) is 5.21. The average Bonchev–Trinajstić information content (AvgIpc) is 2.57. The van der Waals surface area contributed by atoms with Gasteiger partial charge in [-0.1, -0.05) is 30.3 Å². The third kappa shape index (κ3) is 1.48. The smallest absolute Gasteiger partial charge is 0.0764 e. The van der Waals surface area contributed by atoms with Gasteiger partial charge in [-0.2, -0.15) is 0 Å². The van der Waals surface area contributed by atoms with E-state index in [1.165, 1.54) is 12.0 Å². The van der Waals surface area contributed by atoms with E-state index in [1.54, 1.807) is 0 Å². The minimum Gasteiger partial charge on any atom is -0.391 e. The topological polar surface area (TPSA) is 23.5 Å². The van der Waals surface area contributed by atoms with E-state index in [0.717, 1.165) is 12.8 Å². The number of nitrogens with zero attached hydrogens (tertiary/aromatic N) is 1. The quantitative estimate of drug-likeness (QED) is 0.777. The van der Waals surface area contributed by atoms with Crippen LogP contribution in [0.1, 0.15) is 30.7 Å². The van der Waals surface area contributed by atoms with Crippen molar-refractivity contribution in [1.82, 2.24) is 4.90 Å². The molecule has 0 spiro atoms. The van der Waals surface area contributed by atoms with Gasteiger partial charge in [-0.3, -0.25) is 4.90 Å². The summed E-state index contributed by atoms with van der Waals surface area (Å²) < 4.78 is 0. The Morgan fingerprint density at radius 3 is 2.69 bits per heavy atom. The fourth-order valence-electron chi connectivity index (χ4n) is 3.47. The molecule has 4 atom stereocenters. The van der Waals surface area contributed by atoms with Crippen LogP contribution < -0.4 is 0 Å². The highest BCUT2D eigenvalue weighted by molar-refractivity contribution is 5.23. The van der Waals surface area contributed by atoms with Crippen molar-refractivity contribution in [3.8, 4) is 0 Å². The number of piperidine rings is 1. The summed E-state index contributed by atoms with van der Waals surface area (Å²) in [5.41, 5.74) is 1.31. The van der Waals surface area contributed by atoms with Crippen molar-refractivity contribution in [2.24, 2.45) is 0 Å². The highest BCUT2D eigenvalue weighted by Gasteiger charge is 2.44. The van der Waals surface area contributed by atoms with Crippen LogP contribution in [-0.2, 0) is 0 Å². The molecule has 2 aliphatic heterocycles. The zero-order valence-corrected chi connectivity index (χ0v) is 9.71. The van der Waals surface area contributed by atoms with Crippen molar-refractivity contribution in [2.75, 3.05) is 7.05 Å². The lowest BCUT2D eigenvalue weighted by molar-refractivity contribution is 0.0112. The maximum absolute atomic E-state index is 10.4. The van der Waals surface area contributed by atoms with Crippen molar-refractivity contribution in [2.45, 2.75) is 43.4 Å². The van der Waals surface area contributed by atoms with Gasteiger partial charge in [-0.05, 0) is 31.9 Å². The first-order chi connectivity index (χ1) is 7.77. The van der Waals surface area contributed by atoms with Crippen molar-refractivity contribution >= 4 is 0 Å². The second-order valence-electron chi connectivity index (χ2n) is 5.21. The molecule has 2 heteroatoms. The lowest BCUT2D eigenvalue weighted by Crippen LogP contribution is -2.48. The predicted molar refractivity (Wildman–Crippen MR) is 64.4 cm³/mol. The van der Waals surface area contributed by atoms with Crippen molar-refractivity contribution in [3.63, 3.8) is 0 Å². The summed E-state index contributed by atoms with van der Waals surface area (Å²) in [6.07, 6.45) is 3.33. The van der Waals surface area contributed by atoms with Gasteiger partial charge in [0, 0.05) is 18.0 Å². The maximum atomic E-state index is 10.4. The molecule has 2 aliphatic rings. The van der Waals surface area contributed by atoms with Crippen molar-refractivity contribution in [1.29, 1.82) is 0 Å². The molecule has 0 unspecified atom stereocenters. The molecular formula is C14H19NO. The number of aliphatic hydroxyl groups is 1. The monoisotopic (exact) mass is 217 g/mol. The van der Waals surface area contributed by atoms with Crippen LogP contribution in [0.2, 0.25) is 0 Å². The van der Waals surface area contributed by atoms with Gasteiger partial charge < -0.3 is 5.11 Å². The maximum Gasteiger partial charge on any atom is 0.0764 e. The molecule has 0 aromatic heterocycles. The van der Waals surface area contributed by atoms with Crippen LogP contribution in [0.4, 0.5) is 0 Å². The van der Waals surface area contributed by atoms with E-state index in [1.807, 2.05) is 6.07 Å². The fraction of sp³-hybridized carbons (Fsp3) is 0.571. The molecule has 2 heterocycles. The summed E-state index contributed by atoms with van der Waals surface area (Å²) >= 11 is 0. The van der Waals surface area contributed by atoms with Gasteiger partial charge in [0.05, 0.1) is 6.10 Å². The number of aliphatic hydroxyl groups excluding tert-OH is 1. The molecule has 2 saturated heterocycles. The van der Waals surface area contributed by atoms with E-state index in [0.29, 0.717) is 18.0 Å². The fourth-order valence-corrected chi connectivity index (χ4v) is 3.47. The number of rotatable bonds is 1. The number of likely N-dealkylation sites (N-methyl/N-ethyl adjacent to an activating group) is 1. The Bertz CT molecular complexity index is 364. The van der Waals surface area contributed by atoms with Crippen LogP contribution in [0, 0.1) is 0 Å². The third-order valence-electron chi connectivity index (χ3n) is 4.45. The molecule has 1 N–H and O–H groups in total. The van der Waals surface area contributed by atoms with Gasteiger partial charge in [0.25, 0.3) is 0 Å². The largest absolute Gasteiger partial charge is 0.391 e. The molecular weight excluding hydrogens is 198 g/mol. The Hall–Kier alpha value is -0.860.